The van der Waals surface area contributed by atoms with Crippen LogP contribution >= 0.6 is 0 Å². The molecule has 4 nitrogen and oxygen atoms in total. The molecule has 0 unspecified atom stereocenters. The Hall–Kier alpha value is -1.49. The van der Waals surface area contributed by atoms with Crippen LogP contribution in [0.3, 0.4) is 0 Å². The summed E-state index contributed by atoms with van der Waals surface area (Å²) >= 11 is 0. The minimum atomic E-state index is -3.44. The Bertz CT molecular complexity index is 466. The summed E-state index contributed by atoms with van der Waals surface area (Å²) in [7, 11) is -1.88. The van der Waals surface area contributed by atoms with Crippen molar-refractivity contribution in [2.45, 2.75) is 6.92 Å². The standard InChI is InChI=1S/C10H13NO3S/c1-4-15(12,13)11-10-6-5-9(14-3)7-8(10)2/h4-7,11H,1H2,2-3H3. The van der Waals surface area contributed by atoms with Crippen LogP contribution < -0.4 is 9.46 Å². The Balaban J connectivity index is 3.02. The summed E-state index contributed by atoms with van der Waals surface area (Å²) in [6.07, 6.45) is 0. The normalized spacial score (nSPS) is 10.8. The van der Waals surface area contributed by atoms with Gasteiger partial charge >= 0.3 is 0 Å². The van der Waals surface area contributed by atoms with Gasteiger partial charge in [0.1, 0.15) is 5.75 Å². The number of sulfonamides is 1. The molecule has 0 fully saturated rings. The van der Waals surface area contributed by atoms with E-state index in [2.05, 4.69) is 11.3 Å². The molecule has 82 valence electrons. The second kappa shape index (κ2) is 4.35. The van der Waals surface area contributed by atoms with Gasteiger partial charge < -0.3 is 4.74 Å². The lowest BCUT2D eigenvalue weighted by Crippen LogP contribution is -2.09. The van der Waals surface area contributed by atoms with E-state index in [1.165, 1.54) is 0 Å². The first-order valence-corrected chi connectivity index (χ1v) is 5.83. The lowest BCUT2D eigenvalue weighted by molar-refractivity contribution is 0.414. The van der Waals surface area contributed by atoms with Gasteiger partial charge in [-0.3, -0.25) is 4.72 Å². The molecule has 0 heterocycles. The van der Waals surface area contributed by atoms with Gasteiger partial charge in [-0.15, -0.1) is 0 Å². The molecule has 1 aromatic rings. The Morgan fingerprint density at radius 3 is 2.60 bits per heavy atom. The number of nitrogens with one attached hydrogen (secondary N) is 1. The summed E-state index contributed by atoms with van der Waals surface area (Å²) in [4.78, 5) is 0. The summed E-state index contributed by atoms with van der Waals surface area (Å²) in [6, 6.07) is 5.09. The van der Waals surface area contributed by atoms with Gasteiger partial charge in [0, 0.05) is 5.41 Å². The lowest BCUT2D eigenvalue weighted by atomic mass is 10.2. The highest BCUT2D eigenvalue weighted by atomic mass is 32.2. The van der Waals surface area contributed by atoms with Crippen molar-refractivity contribution in [2.75, 3.05) is 11.8 Å². The first-order chi connectivity index (χ1) is 6.98. The maximum absolute atomic E-state index is 11.2. The number of methoxy groups -OCH3 is 1. The molecule has 0 spiro atoms. The summed E-state index contributed by atoms with van der Waals surface area (Å²) < 4.78 is 29.8. The van der Waals surface area contributed by atoms with Crippen LogP contribution in [0.1, 0.15) is 5.56 Å². The maximum atomic E-state index is 11.2. The van der Waals surface area contributed by atoms with E-state index in [4.69, 9.17) is 4.74 Å². The minimum Gasteiger partial charge on any atom is -0.497 e. The third-order valence-electron chi connectivity index (χ3n) is 1.91. The van der Waals surface area contributed by atoms with Crippen molar-refractivity contribution in [3.63, 3.8) is 0 Å². The quantitative estimate of drug-likeness (QED) is 0.854. The second-order valence-corrected chi connectivity index (χ2v) is 4.62. The molecule has 0 amide bonds. The van der Waals surface area contributed by atoms with Crippen LogP contribution in [0.2, 0.25) is 0 Å². The maximum Gasteiger partial charge on any atom is 0.254 e. The Morgan fingerprint density at radius 1 is 1.47 bits per heavy atom. The van der Waals surface area contributed by atoms with Crippen molar-refractivity contribution in [2.24, 2.45) is 0 Å². The van der Waals surface area contributed by atoms with Gasteiger partial charge in [0.15, 0.2) is 0 Å². The van der Waals surface area contributed by atoms with Gasteiger partial charge in [-0.25, -0.2) is 8.42 Å². The molecule has 0 aliphatic heterocycles. The zero-order valence-electron chi connectivity index (χ0n) is 8.65. The first kappa shape index (κ1) is 11.6. The van der Waals surface area contributed by atoms with Crippen molar-refractivity contribution in [1.82, 2.24) is 0 Å². The predicted molar refractivity (Wildman–Crippen MR) is 60.5 cm³/mol. The highest BCUT2D eigenvalue weighted by molar-refractivity contribution is 7.95. The molecule has 1 N–H and O–H groups in total. The van der Waals surface area contributed by atoms with Crippen molar-refractivity contribution in [3.05, 3.63) is 35.7 Å². The van der Waals surface area contributed by atoms with Crippen LogP contribution in [-0.4, -0.2) is 15.5 Å². The molecule has 1 rings (SSSR count). The molecule has 0 aliphatic carbocycles. The minimum absolute atomic E-state index is 0.524. The molecule has 0 saturated carbocycles. The van der Waals surface area contributed by atoms with Crippen molar-refractivity contribution >= 4 is 15.7 Å². The summed E-state index contributed by atoms with van der Waals surface area (Å²) in [6.45, 7) is 5.01. The van der Waals surface area contributed by atoms with E-state index in [-0.39, 0.29) is 0 Å². The molecule has 0 aliphatic rings. The number of anilines is 1. The van der Waals surface area contributed by atoms with Crippen molar-refractivity contribution in [1.29, 1.82) is 0 Å². The third kappa shape index (κ3) is 2.99. The predicted octanol–water partition coefficient (Wildman–Crippen LogP) is 1.89. The van der Waals surface area contributed by atoms with Crippen LogP contribution in [-0.2, 0) is 10.0 Å². The van der Waals surface area contributed by atoms with Crippen molar-refractivity contribution in [3.8, 4) is 5.75 Å². The Labute approximate surface area is 89.6 Å². The van der Waals surface area contributed by atoms with E-state index in [0.717, 1.165) is 11.0 Å². The molecule has 0 saturated heterocycles. The van der Waals surface area contributed by atoms with Crippen LogP contribution in [0.15, 0.2) is 30.2 Å². The monoisotopic (exact) mass is 227 g/mol. The molecule has 15 heavy (non-hydrogen) atoms. The zero-order valence-corrected chi connectivity index (χ0v) is 9.47. The van der Waals surface area contributed by atoms with E-state index in [1.54, 1.807) is 32.2 Å². The van der Waals surface area contributed by atoms with E-state index < -0.39 is 10.0 Å². The molecule has 0 bridgehead atoms. The van der Waals surface area contributed by atoms with Gasteiger partial charge in [0.25, 0.3) is 10.0 Å². The van der Waals surface area contributed by atoms with Crippen LogP contribution in [0.4, 0.5) is 5.69 Å². The molecular formula is C10H13NO3S. The molecule has 5 heteroatoms. The topological polar surface area (TPSA) is 55.4 Å². The molecule has 0 atom stereocenters. The fraction of sp³-hybridized carbons (Fsp3) is 0.200. The summed E-state index contributed by atoms with van der Waals surface area (Å²) in [5.41, 5.74) is 1.32. The number of ether oxygens (including phenoxy) is 1. The molecule has 0 aromatic heterocycles. The number of aryl methyl sites for hydroxylation is 1. The summed E-state index contributed by atoms with van der Waals surface area (Å²) in [5, 5.41) is 0.872. The highest BCUT2D eigenvalue weighted by Crippen LogP contribution is 2.21. The largest absolute Gasteiger partial charge is 0.497 e. The third-order valence-corrected chi connectivity index (χ3v) is 2.85. The number of hydrogen-bond acceptors (Lipinski definition) is 3. The second-order valence-electron chi connectivity index (χ2n) is 2.99. The highest BCUT2D eigenvalue weighted by Gasteiger charge is 2.07. The Morgan fingerprint density at radius 2 is 2.13 bits per heavy atom. The molecule has 1 aromatic carbocycles. The smallest absolute Gasteiger partial charge is 0.254 e. The van der Waals surface area contributed by atoms with Gasteiger partial charge in [0.05, 0.1) is 12.8 Å². The van der Waals surface area contributed by atoms with Gasteiger partial charge in [-0.2, -0.15) is 0 Å². The van der Waals surface area contributed by atoms with E-state index >= 15 is 0 Å². The van der Waals surface area contributed by atoms with Crippen LogP contribution in [0, 0.1) is 6.92 Å². The average Bonchev–Trinajstić information content (AvgIpc) is 2.21. The number of benzene rings is 1. The van der Waals surface area contributed by atoms with E-state index in [1.807, 2.05) is 0 Å². The van der Waals surface area contributed by atoms with Crippen LogP contribution in [0.5, 0.6) is 5.75 Å². The van der Waals surface area contributed by atoms with E-state index in [9.17, 15) is 8.42 Å². The lowest BCUT2D eigenvalue weighted by Gasteiger charge is -2.09. The SMILES string of the molecule is C=CS(=O)(=O)Nc1ccc(OC)cc1C. The van der Waals surface area contributed by atoms with Gasteiger partial charge in [0.2, 0.25) is 0 Å². The number of rotatable bonds is 4. The van der Waals surface area contributed by atoms with Gasteiger partial charge in [-0.1, -0.05) is 6.58 Å². The first-order valence-electron chi connectivity index (χ1n) is 4.28. The number of hydrogen-bond donors (Lipinski definition) is 1. The van der Waals surface area contributed by atoms with E-state index in [0.29, 0.717) is 11.4 Å². The zero-order chi connectivity index (χ0) is 11.5. The fourth-order valence-electron chi connectivity index (χ4n) is 1.07. The fourth-order valence-corrected chi connectivity index (χ4v) is 1.69. The Kier molecular flexibility index (Phi) is 3.36. The molecular weight excluding hydrogens is 214 g/mol. The summed E-state index contributed by atoms with van der Waals surface area (Å²) in [5.74, 6) is 0.689. The molecule has 0 radical (unpaired) electrons. The van der Waals surface area contributed by atoms with Gasteiger partial charge in [-0.05, 0) is 30.7 Å². The van der Waals surface area contributed by atoms with Crippen LogP contribution in [0.25, 0.3) is 0 Å². The van der Waals surface area contributed by atoms with Crippen molar-refractivity contribution < 1.29 is 13.2 Å². The average molecular weight is 227 g/mol.